The molecule has 1 atom stereocenters. The Morgan fingerprint density at radius 2 is 1.57 bits per heavy atom. The second-order valence-corrected chi connectivity index (χ2v) is 12.6. The zero-order valence-corrected chi connectivity index (χ0v) is 25.2. The van der Waals surface area contributed by atoms with Crippen molar-refractivity contribution in [3.05, 3.63) is 94.5 Å². The van der Waals surface area contributed by atoms with Crippen LogP contribution in [-0.2, 0) is 32.3 Å². The summed E-state index contributed by atoms with van der Waals surface area (Å²) in [6.07, 6.45) is -4.75. The van der Waals surface area contributed by atoms with Gasteiger partial charge in [-0.25, -0.2) is 8.42 Å². The lowest BCUT2D eigenvalue weighted by Gasteiger charge is -2.32. The zero-order chi connectivity index (χ0) is 31.2. The summed E-state index contributed by atoms with van der Waals surface area (Å²) in [5.74, 6) is -1.11. The van der Waals surface area contributed by atoms with Crippen LogP contribution in [0.4, 0.5) is 18.9 Å². The van der Waals surface area contributed by atoms with Gasteiger partial charge >= 0.3 is 6.18 Å². The molecular formula is C30H33ClF3N3O4S. The van der Waals surface area contributed by atoms with Crippen LogP contribution in [0.3, 0.4) is 0 Å². The first kappa shape index (κ1) is 32.9. The van der Waals surface area contributed by atoms with Crippen molar-refractivity contribution in [2.45, 2.75) is 51.4 Å². The molecule has 1 N–H and O–H groups in total. The minimum atomic E-state index is -4.75. The first-order valence-electron chi connectivity index (χ1n) is 13.2. The number of hydrogen-bond acceptors (Lipinski definition) is 4. The zero-order valence-electron chi connectivity index (χ0n) is 23.7. The highest BCUT2D eigenvalue weighted by Crippen LogP contribution is 2.33. The Morgan fingerprint density at radius 1 is 0.952 bits per heavy atom. The molecule has 0 heterocycles. The fourth-order valence-electron chi connectivity index (χ4n) is 4.03. The van der Waals surface area contributed by atoms with Gasteiger partial charge in [0.1, 0.15) is 12.6 Å². The molecule has 0 aliphatic heterocycles. The highest BCUT2D eigenvalue weighted by molar-refractivity contribution is 7.92. The van der Waals surface area contributed by atoms with Crippen molar-refractivity contribution in [3.63, 3.8) is 0 Å². The number of rotatable bonds is 11. The van der Waals surface area contributed by atoms with Gasteiger partial charge in [0.15, 0.2) is 0 Å². The number of sulfonamides is 1. The van der Waals surface area contributed by atoms with Crippen molar-refractivity contribution in [2.75, 3.05) is 17.4 Å². The summed E-state index contributed by atoms with van der Waals surface area (Å²) in [7, 11) is -4.51. The molecule has 0 saturated heterocycles. The summed E-state index contributed by atoms with van der Waals surface area (Å²) in [6.45, 7) is 6.50. The number of benzene rings is 3. The highest BCUT2D eigenvalue weighted by Gasteiger charge is 2.35. The van der Waals surface area contributed by atoms with Crippen molar-refractivity contribution in [1.29, 1.82) is 0 Å². The largest absolute Gasteiger partial charge is 0.416 e. The Bertz CT molecular complexity index is 1500. The lowest BCUT2D eigenvalue weighted by Crippen LogP contribution is -2.51. The second kappa shape index (κ2) is 13.6. The van der Waals surface area contributed by atoms with Crippen LogP contribution in [0.5, 0.6) is 0 Å². The number of alkyl halides is 3. The Morgan fingerprint density at radius 3 is 2.14 bits per heavy atom. The maximum absolute atomic E-state index is 13.9. The van der Waals surface area contributed by atoms with E-state index in [0.717, 1.165) is 17.7 Å². The van der Waals surface area contributed by atoms with Crippen LogP contribution in [0.2, 0.25) is 5.02 Å². The highest BCUT2D eigenvalue weighted by atomic mass is 35.5. The lowest BCUT2D eigenvalue weighted by molar-refractivity contribution is -0.139. The lowest BCUT2D eigenvalue weighted by atomic mass is 10.1. The summed E-state index contributed by atoms with van der Waals surface area (Å²) >= 11 is 6.00. The van der Waals surface area contributed by atoms with Gasteiger partial charge in [0, 0.05) is 18.1 Å². The van der Waals surface area contributed by atoms with Gasteiger partial charge < -0.3 is 10.2 Å². The third-order valence-electron chi connectivity index (χ3n) is 6.47. The van der Waals surface area contributed by atoms with E-state index in [1.807, 2.05) is 13.8 Å². The maximum Gasteiger partial charge on any atom is 0.416 e. The number of aryl methyl sites for hydroxylation is 1. The van der Waals surface area contributed by atoms with E-state index in [2.05, 4.69) is 5.32 Å². The van der Waals surface area contributed by atoms with Crippen molar-refractivity contribution in [1.82, 2.24) is 10.2 Å². The smallest absolute Gasteiger partial charge is 0.354 e. The molecule has 0 saturated carbocycles. The summed E-state index contributed by atoms with van der Waals surface area (Å²) in [4.78, 5) is 27.9. The number of amides is 2. The Labute approximate surface area is 249 Å². The van der Waals surface area contributed by atoms with Crippen molar-refractivity contribution in [3.8, 4) is 0 Å². The van der Waals surface area contributed by atoms with Gasteiger partial charge in [-0.1, -0.05) is 61.3 Å². The van der Waals surface area contributed by atoms with Crippen molar-refractivity contribution < 1.29 is 31.2 Å². The fourth-order valence-corrected chi connectivity index (χ4v) is 5.56. The summed E-state index contributed by atoms with van der Waals surface area (Å²) in [5.41, 5.74) is -0.0348. The monoisotopic (exact) mass is 623 g/mol. The molecule has 42 heavy (non-hydrogen) atoms. The van der Waals surface area contributed by atoms with Crippen LogP contribution < -0.4 is 9.62 Å². The van der Waals surface area contributed by atoms with E-state index in [9.17, 15) is 31.2 Å². The minimum Gasteiger partial charge on any atom is -0.354 e. The van der Waals surface area contributed by atoms with Crippen molar-refractivity contribution in [2.24, 2.45) is 5.92 Å². The summed E-state index contributed by atoms with van der Waals surface area (Å²) in [5, 5.41) is 3.23. The number of anilines is 1. The Hall–Kier alpha value is -3.57. The molecule has 226 valence electrons. The number of carbonyl (C=O) groups is 2. The predicted octanol–water partition coefficient (Wildman–Crippen LogP) is 6.05. The normalized spacial score (nSPS) is 12.6. The number of hydrogen-bond donors (Lipinski definition) is 1. The summed E-state index contributed by atoms with van der Waals surface area (Å²) in [6, 6.07) is 15.0. The molecule has 12 heteroatoms. The molecule has 7 nitrogen and oxygen atoms in total. The van der Waals surface area contributed by atoms with E-state index in [1.165, 1.54) is 30.0 Å². The number of nitrogens with zero attached hydrogens (tertiary/aromatic N) is 2. The molecule has 0 aromatic heterocycles. The van der Waals surface area contributed by atoms with Gasteiger partial charge in [0.25, 0.3) is 10.0 Å². The second-order valence-electron chi connectivity index (χ2n) is 10.3. The van der Waals surface area contributed by atoms with Crippen LogP contribution in [0, 0.1) is 12.8 Å². The molecule has 3 aromatic rings. The molecule has 0 aliphatic rings. The number of halogens is 4. The maximum atomic E-state index is 13.9. The standard InChI is InChI=1S/C30H33ClF3N3O4S/c1-20(2)17-35-29(39)22(4)36(18-23-10-12-25(31)13-11-23)28(38)19-37(26-7-5-6-24(16-26)30(32,33)34)42(40,41)27-14-8-21(3)9-15-27/h5-16,20,22H,17-19H2,1-4H3,(H,35,39)/t22-/m0/s1. The molecule has 3 aromatic carbocycles. The van der Waals surface area contributed by atoms with E-state index in [-0.39, 0.29) is 23.0 Å². The molecule has 0 unspecified atom stereocenters. The Balaban J connectivity index is 2.07. The molecule has 0 bridgehead atoms. The van der Waals surface area contributed by atoms with Gasteiger partial charge in [0.2, 0.25) is 11.8 Å². The van der Waals surface area contributed by atoms with Crippen molar-refractivity contribution >= 4 is 39.1 Å². The third-order valence-corrected chi connectivity index (χ3v) is 8.51. The van der Waals surface area contributed by atoms with Crippen LogP contribution in [-0.4, -0.2) is 44.3 Å². The Kier molecular flexibility index (Phi) is 10.7. The predicted molar refractivity (Wildman–Crippen MR) is 156 cm³/mol. The van der Waals surface area contributed by atoms with E-state index in [4.69, 9.17) is 11.6 Å². The number of nitrogens with one attached hydrogen (secondary N) is 1. The van der Waals surface area contributed by atoms with E-state index < -0.39 is 46.2 Å². The first-order chi connectivity index (χ1) is 19.6. The molecular weight excluding hydrogens is 591 g/mol. The summed E-state index contributed by atoms with van der Waals surface area (Å²) < 4.78 is 69.0. The molecule has 0 radical (unpaired) electrons. The topological polar surface area (TPSA) is 86.8 Å². The average molecular weight is 624 g/mol. The van der Waals surface area contributed by atoms with Gasteiger partial charge in [-0.2, -0.15) is 13.2 Å². The van der Waals surface area contributed by atoms with Crippen LogP contribution in [0.25, 0.3) is 0 Å². The average Bonchev–Trinajstić information content (AvgIpc) is 2.93. The minimum absolute atomic E-state index is 0.0761. The third kappa shape index (κ3) is 8.48. The van der Waals surface area contributed by atoms with Gasteiger partial charge in [-0.05, 0) is 67.8 Å². The molecule has 0 fully saturated rings. The van der Waals surface area contributed by atoms with Crippen LogP contribution >= 0.6 is 11.6 Å². The van der Waals surface area contributed by atoms with E-state index in [1.54, 1.807) is 43.3 Å². The van der Waals surface area contributed by atoms with E-state index in [0.29, 0.717) is 27.5 Å². The molecule has 2 amide bonds. The van der Waals surface area contributed by atoms with Gasteiger partial charge in [-0.15, -0.1) is 0 Å². The molecule has 0 aliphatic carbocycles. The van der Waals surface area contributed by atoms with Gasteiger partial charge in [-0.3, -0.25) is 13.9 Å². The quantitative estimate of drug-likeness (QED) is 0.282. The molecule has 3 rings (SSSR count). The van der Waals surface area contributed by atoms with Gasteiger partial charge in [0.05, 0.1) is 16.1 Å². The van der Waals surface area contributed by atoms with Crippen LogP contribution in [0.1, 0.15) is 37.5 Å². The molecule has 0 spiro atoms. The van der Waals surface area contributed by atoms with Crippen LogP contribution in [0.15, 0.2) is 77.7 Å². The first-order valence-corrected chi connectivity index (χ1v) is 15.0. The fraction of sp³-hybridized carbons (Fsp3) is 0.333. The van der Waals surface area contributed by atoms with E-state index >= 15 is 0 Å². The SMILES string of the molecule is Cc1ccc(S(=O)(=O)N(CC(=O)N(Cc2ccc(Cl)cc2)[C@@H](C)C(=O)NCC(C)C)c2cccc(C(F)(F)F)c2)cc1. The number of carbonyl (C=O) groups excluding carboxylic acids is 2.